The van der Waals surface area contributed by atoms with Crippen LogP contribution in [-0.4, -0.2) is 31.5 Å². The summed E-state index contributed by atoms with van der Waals surface area (Å²) in [6.45, 7) is 4.04. The summed E-state index contributed by atoms with van der Waals surface area (Å²) in [5.74, 6) is 0.817. The lowest BCUT2D eigenvalue weighted by atomic mass is 9.87. The van der Waals surface area contributed by atoms with E-state index in [9.17, 15) is 5.11 Å². The van der Waals surface area contributed by atoms with Gasteiger partial charge in [0.2, 0.25) is 0 Å². The summed E-state index contributed by atoms with van der Waals surface area (Å²) in [7, 11) is 0. The first kappa shape index (κ1) is 15.8. The van der Waals surface area contributed by atoms with Crippen LogP contribution in [0.15, 0.2) is 54.6 Å². The van der Waals surface area contributed by atoms with Gasteiger partial charge in [-0.15, -0.1) is 0 Å². The molecule has 23 heavy (non-hydrogen) atoms. The summed E-state index contributed by atoms with van der Waals surface area (Å²) < 4.78 is 11.4. The standard InChI is InChI=1S/C19H23NO3/c1-15(16-7-3-2-4-8-16)23-18-10-6-5-9-17(18)20-11-19(12-21)13-22-14-19/h2-10,15,20-21H,11-14H2,1H3. The highest BCUT2D eigenvalue weighted by molar-refractivity contribution is 5.56. The van der Waals surface area contributed by atoms with Crippen molar-refractivity contribution in [2.75, 3.05) is 31.7 Å². The fraction of sp³-hybridized carbons (Fsp3) is 0.368. The molecule has 0 aliphatic carbocycles. The number of nitrogens with one attached hydrogen (secondary N) is 1. The molecule has 1 aliphatic rings. The van der Waals surface area contributed by atoms with E-state index < -0.39 is 0 Å². The Hall–Kier alpha value is -2.04. The van der Waals surface area contributed by atoms with E-state index in [1.54, 1.807) is 0 Å². The Kier molecular flexibility index (Phi) is 4.84. The van der Waals surface area contributed by atoms with E-state index >= 15 is 0 Å². The molecule has 0 amide bonds. The molecule has 0 saturated carbocycles. The lowest BCUT2D eigenvalue weighted by molar-refractivity contribution is -0.128. The van der Waals surface area contributed by atoms with Crippen molar-refractivity contribution in [3.8, 4) is 5.75 Å². The highest BCUT2D eigenvalue weighted by Gasteiger charge is 2.38. The zero-order valence-electron chi connectivity index (χ0n) is 13.4. The molecule has 2 N–H and O–H groups in total. The zero-order chi connectivity index (χ0) is 16.1. The van der Waals surface area contributed by atoms with Gasteiger partial charge in [-0.1, -0.05) is 42.5 Å². The minimum atomic E-state index is -0.168. The minimum Gasteiger partial charge on any atom is -0.484 e. The molecular formula is C19H23NO3. The molecule has 1 fully saturated rings. The summed E-state index contributed by atoms with van der Waals surface area (Å²) >= 11 is 0. The molecule has 0 aromatic heterocycles. The van der Waals surface area contributed by atoms with Crippen LogP contribution < -0.4 is 10.1 Å². The van der Waals surface area contributed by atoms with Crippen molar-refractivity contribution in [2.24, 2.45) is 5.41 Å². The maximum atomic E-state index is 9.53. The van der Waals surface area contributed by atoms with Crippen LogP contribution in [0.1, 0.15) is 18.6 Å². The first-order valence-electron chi connectivity index (χ1n) is 7.96. The number of hydrogen-bond donors (Lipinski definition) is 2. The van der Waals surface area contributed by atoms with Gasteiger partial charge < -0.3 is 19.9 Å². The maximum Gasteiger partial charge on any atom is 0.143 e. The molecule has 0 radical (unpaired) electrons. The SMILES string of the molecule is CC(Oc1ccccc1NCC1(CO)COC1)c1ccccc1. The monoisotopic (exact) mass is 313 g/mol. The van der Waals surface area contributed by atoms with Crippen LogP contribution in [0.3, 0.4) is 0 Å². The van der Waals surface area contributed by atoms with Crippen LogP contribution in [0.4, 0.5) is 5.69 Å². The molecule has 3 rings (SSSR count). The van der Waals surface area contributed by atoms with E-state index in [4.69, 9.17) is 9.47 Å². The molecule has 4 nitrogen and oxygen atoms in total. The van der Waals surface area contributed by atoms with Crippen LogP contribution in [0.25, 0.3) is 0 Å². The van der Waals surface area contributed by atoms with Crippen molar-refractivity contribution < 1.29 is 14.6 Å². The third-order valence-corrected chi connectivity index (χ3v) is 4.27. The smallest absolute Gasteiger partial charge is 0.143 e. The third-order valence-electron chi connectivity index (χ3n) is 4.27. The molecule has 1 aliphatic heterocycles. The average Bonchev–Trinajstić information content (AvgIpc) is 2.56. The summed E-state index contributed by atoms with van der Waals surface area (Å²) in [5.41, 5.74) is 1.91. The average molecular weight is 313 g/mol. The minimum absolute atomic E-state index is 0.0296. The first-order chi connectivity index (χ1) is 11.2. The Morgan fingerprint density at radius 2 is 1.83 bits per heavy atom. The largest absolute Gasteiger partial charge is 0.484 e. The highest BCUT2D eigenvalue weighted by atomic mass is 16.5. The molecule has 1 saturated heterocycles. The lowest BCUT2D eigenvalue weighted by Gasteiger charge is -2.40. The Balaban J connectivity index is 1.68. The molecule has 1 unspecified atom stereocenters. The highest BCUT2D eigenvalue weighted by Crippen LogP contribution is 2.32. The second-order valence-corrected chi connectivity index (χ2v) is 6.17. The van der Waals surface area contributed by atoms with Crippen molar-refractivity contribution in [3.63, 3.8) is 0 Å². The van der Waals surface area contributed by atoms with Gasteiger partial charge in [-0.2, -0.15) is 0 Å². The topological polar surface area (TPSA) is 50.7 Å². The summed E-state index contributed by atoms with van der Waals surface area (Å²) in [4.78, 5) is 0. The normalized spacial score (nSPS) is 17.1. The van der Waals surface area contributed by atoms with Crippen LogP contribution in [-0.2, 0) is 4.74 Å². The number of ether oxygens (including phenoxy) is 2. The molecule has 1 atom stereocenters. The van der Waals surface area contributed by atoms with Gasteiger partial charge in [0, 0.05) is 6.54 Å². The quantitative estimate of drug-likeness (QED) is 0.824. The van der Waals surface area contributed by atoms with E-state index in [0.717, 1.165) is 17.0 Å². The Morgan fingerprint density at radius 1 is 1.13 bits per heavy atom. The van der Waals surface area contributed by atoms with E-state index in [1.807, 2.05) is 49.4 Å². The fourth-order valence-electron chi connectivity index (χ4n) is 2.62. The van der Waals surface area contributed by atoms with Gasteiger partial charge in [-0.05, 0) is 24.6 Å². The lowest BCUT2D eigenvalue weighted by Crippen LogP contribution is -2.50. The van der Waals surface area contributed by atoms with Crippen LogP contribution >= 0.6 is 0 Å². The van der Waals surface area contributed by atoms with Crippen molar-refractivity contribution in [1.29, 1.82) is 0 Å². The summed E-state index contributed by atoms with van der Waals surface area (Å²) in [6, 6.07) is 18.1. The maximum absolute atomic E-state index is 9.53. The van der Waals surface area contributed by atoms with E-state index in [0.29, 0.717) is 19.8 Å². The van der Waals surface area contributed by atoms with E-state index in [2.05, 4.69) is 17.4 Å². The van der Waals surface area contributed by atoms with Gasteiger partial charge in [0.15, 0.2) is 0 Å². The van der Waals surface area contributed by atoms with Gasteiger partial charge in [-0.3, -0.25) is 0 Å². The summed E-state index contributed by atoms with van der Waals surface area (Å²) in [5, 5.41) is 12.9. The van der Waals surface area contributed by atoms with Crippen LogP contribution in [0, 0.1) is 5.41 Å². The number of aliphatic hydroxyl groups excluding tert-OH is 1. The number of aliphatic hydroxyl groups is 1. The molecule has 122 valence electrons. The predicted molar refractivity (Wildman–Crippen MR) is 90.8 cm³/mol. The van der Waals surface area contributed by atoms with Gasteiger partial charge >= 0.3 is 0 Å². The molecule has 2 aromatic carbocycles. The van der Waals surface area contributed by atoms with Crippen LogP contribution in [0.2, 0.25) is 0 Å². The number of rotatable bonds is 7. The van der Waals surface area contributed by atoms with Gasteiger partial charge in [-0.25, -0.2) is 0 Å². The van der Waals surface area contributed by atoms with Crippen molar-refractivity contribution in [3.05, 3.63) is 60.2 Å². The first-order valence-corrected chi connectivity index (χ1v) is 7.96. The van der Waals surface area contributed by atoms with Gasteiger partial charge in [0.1, 0.15) is 11.9 Å². The molecule has 1 heterocycles. The zero-order valence-corrected chi connectivity index (χ0v) is 13.4. The number of benzene rings is 2. The molecule has 2 aromatic rings. The van der Waals surface area contributed by atoms with Crippen molar-refractivity contribution in [2.45, 2.75) is 13.0 Å². The van der Waals surface area contributed by atoms with Crippen molar-refractivity contribution in [1.82, 2.24) is 0 Å². The molecule has 0 bridgehead atoms. The van der Waals surface area contributed by atoms with Gasteiger partial charge in [0.05, 0.1) is 30.9 Å². The second-order valence-electron chi connectivity index (χ2n) is 6.17. The predicted octanol–water partition coefficient (Wildman–Crippen LogP) is 3.25. The fourth-order valence-corrected chi connectivity index (χ4v) is 2.62. The van der Waals surface area contributed by atoms with Crippen molar-refractivity contribution >= 4 is 5.69 Å². The Morgan fingerprint density at radius 3 is 2.48 bits per heavy atom. The molecular weight excluding hydrogens is 290 g/mol. The Labute approximate surface area is 137 Å². The second kappa shape index (κ2) is 7.02. The number of hydrogen-bond acceptors (Lipinski definition) is 4. The third kappa shape index (κ3) is 3.66. The number of para-hydroxylation sites is 2. The van der Waals surface area contributed by atoms with E-state index in [1.165, 1.54) is 0 Å². The molecule has 4 heteroatoms. The Bertz CT molecular complexity index is 620. The molecule has 0 spiro atoms. The summed E-state index contributed by atoms with van der Waals surface area (Å²) in [6.07, 6.45) is -0.0296. The number of anilines is 1. The van der Waals surface area contributed by atoms with Gasteiger partial charge in [0.25, 0.3) is 0 Å². The van der Waals surface area contributed by atoms with E-state index in [-0.39, 0.29) is 18.1 Å². The van der Waals surface area contributed by atoms with Crippen LogP contribution in [0.5, 0.6) is 5.75 Å².